The second-order valence-electron chi connectivity index (χ2n) is 6.27. The lowest BCUT2D eigenvalue weighted by Crippen LogP contribution is -2.40. The van der Waals surface area contributed by atoms with E-state index in [4.69, 9.17) is 25.6 Å². The fourth-order valence-corrected chi connectivity index (χ4v) is 4.47. The molecule has 1 fully saturated rings. The van der Waals surface area contributed by atoms with Gasteiger partial charge in [-0.3, -0.25) is 0 Å². The van der Waals surface area contributed by atoms with Crippen LogP contribution in [0.25, 0.3) is 11.5 Å². The quantitative estimate of drug-likeness (QED) is 0.587. The van der Waals surface area contributed by atoms with Gasteiger partial charge in [-0.15, -0.1) is 0 Å². The van der Waals surface area contributed by atoms with Gasteiger partial charge >= 0.3 is 0 Å². The molecule has 0 bridgehead atoms. The monoisotopic (exact) mass is 435 g/mol. The zero-order chi connectivity index (χ0) is 20.3. The summed E-state index contributed by atoms with van der Waals surface area (Å²) in [5, 5.41) is 4.40. The number of hydrogen-bond donors (Lipinski definition) is 0. The van der Waals surface area contributed by atoms with Crippen LogP contribution >= 0.6 is 11.6 Å². The Bertz CT molecular complexity index is 1080. The third-order valence-electron chi connectivity index (χ3n) is 4.37. The highest BCUT2D eigenvalue weighted by molar-refractivity contribution is 7.89. The van der Waals surface area contributed by atoms with Gasteiger partial charge in [-0.1, -0.05) is 28.9 Å². The summed E-state index contributed by atoms with van der Waals surface area (Å²) >= 11 is 6.13. The van der Waals surface area contributed by atoms with Crippen LogP contribution in [0.2, 0.25) is 5.02 Å². The molecule has 0 radical (unpaired) electrons. The van der Waals surface area contributed by atoms with Gasteiger partial charge in [-0.25, -0.2) is 8.42 Å². The van der Waals surface area contributed by atoms with Crippen molar-refractivity contribution in [2.75, 3.05) is 26.3 Å². The molecule has 1 aromatic heterocycles. The van der Waals surface area contributed by atoms with Crippen LogP contribution in [-0.4, -0.2) is 49.2 Å². The number of ether oxygens (including phenoxy) is 2. The molecule has 1 aliphatic heterocycles. The largest absolute Gasteiger partial charge is 0.485 e. The van der Waals surface area contributed by atoms with E-state index in [2.05, 4.69) is 10.1 Å². The number of morpholine rings is 1. The number of rotatable bonds is 6. The Morgan fingerprint density at radius 1 is 1.07 bits per heavy atom. The van der Waals surface area contributed by atoms with E-state index >= 15 is 0 Å². The average Bonchev–Trinajstić information content (AvgIpc) is 3.22. The predicted molar refractivity (Wildman–Crippen MR) is 105 cm³/mol. The van der Waals surface area contributed by atoms with Gasteiger partial charge in [0.25, 0.3) is 5.89 Å². The minimum Gasteiger partial charge on any atom is -0.485 e. The molecule has 0 spiro atoms. The van der Waals surface area contributed by atoms with E-state index in [-0.39, 0.29) is 11.5 Å². The maximum Gasteiger partial charge on any atom is 0.259 e. The smallest absolute Gasteiger partial charge is 0.259 e. The number of sulfonamides is 1. The van der Waals surface area contributed by atoms with Crippen molar-refractivity contribution in [1.82, 2.24) is 14.4 Å². The SMILES string of the molecule is O=S(=O)(c1ccc(OCc2noc(-c3ccccc3Cl)n2)cc1)N1CCOCC1. The van der Waals surface area contributed by atoms with Crippen molar-refractivity contribution < 1.29 is 22.4 Å². The molecule has 0 saturated carbocycles. The topological polar surface area (TPSA) is 94.8 Å². The minimum absolute atomic E-state index is 0.0729. The summed E-state index contributed by atoms with van der Waals surface area (Å²) < 4.78 is 42.8. The third kappa shape index (κ3) is 4.43. The van der Waals surface area contributed by atoms with Gasteiger partial charge in [0.1, 0.15) is 5.75 Å². The highest BCUT2D eigenvalue weighted by atomic mass is 35.5. The molecular formula is C19H18ClN3O5S. The number of benzene rings is 2. The number of hydrogen-bond acceptors (Lipinski definition) is 7. The van der Waals surface area contributed by atoms with Gasteiger partial charge < -0.3 is 14.0 Å². The Labute approximate surface area is 173 Å². The maximum atomic E-state index is 12.6. The first-order valence-electron chi connectivity index (χ1n) is 8.92. The second kappa shape index (κ2) is 8.50. The maximum absolute atomic E-state index is 12.6. The standard InChI is InChI=1S/C19H18ClN3O5S/c20-17-4-2-1-3-16(17)19-21-18(22-28-19)13-27-14-5-7-15(8-6-14)29(24,25)23-9-11-26-12-10-23/h1-8H,9-13H2. The lowest BCUT2D eigenvalue weighted by Gasteiger charge is -2.26. The fraction of sp³-hybridized carbons (Fsp3) is 0.263. The van der Waals surface area contributed by atoms with Gasteiger partial charge in [0.05, 0.1) is 28.7 Å². The van der Waals surface area contributed by atoms with Gasteiger partial charge in [-0.2, -0.15) is 9.29 Å². The van der Waals surface area contributed by atoms with Crippen LogP contribution in [-0.2, 0) is 21.4 Å². The molecule has 0 N–H and O–H groups in total. The number of nitrogens with zero attached hydrogens (tertiary/aromatic N) is 3. The Kier molecular flexibility index (Phi) is 5.81. The number of halogens is 1. The summed E-state index contributed by atoms with van der Waals surface area (Å²) in [5.74, 6) is 1.15. The molecule has 3 aromatic rings. The van der Waals surface area contributed by atoms with E-state index in [9.17, 15) is 8.42 Å². The summed E-state index contributed by atoms with van der Waals surface area (Å²) in [4.78, 5) is 4.49. The molecule has 2 aromatic carbocycles. The Balaban J connectivity index is 1.40. The lowest BCUT2D eigenvalue weighted by atomic mass is 10.2. The van der Waals surface area contributed by atoms with Crippen molar-refractivity contribution in [2.24, 2.45) is 0 Å². The van der Waals surface area contributed by atoms with E-state index < -0.39 is 10.0 Å². The molecule has 2 heterocycles. The second-order valence-corrected chi connectivity index (χ2v) is 8.62. The van der Waals surface area contributed by atoms with E-state index in [1.165, 1.54) is 16.4 Å². The molecule has 0 aliphatic carbocycles. The van der Waals surface area contributed by atoms with Crippen LogP contribution in [0.15, 0.2) is 57.9 Å². The third-order valence-corrected chi connectivity index (χ3v) is 6.61. The van der Waals surface area contributed by atoms with Crippen molar-refractivity contribution in [3.05, 3.63) is 59.4 Å². The molecule has 0 unspecified atom stereocenters. The first kappa shape index (κ1) is 19.8. The molecule has 1 saturated heterocycles. The summed E-state index contributed by atoms with van der Waals surface area (Å²) in [6.45, 7) is 1.59. The molecule has 1 aliphatic rings. The summed E-state index contributed by atoms with van der Waals surface area (Å²) in [7, 11) is -3.53. The summed E-state index contributed by atoms with van der Waals surface area (Å²) in [6.07, 6.45) is 0. The Morgan fingerprint density at radius 3 is 2.52 bits per heavy atom. The molecule has 4 rings (SSSR count). The van der Waals surface area contributed by atoms with Crippen molar-refractivity contribution in [1.29, 1.82) is 0 Å². The van der Waals surface area contributed by atoms with Crippen molar-refractivity contribution in [2.45, 2.75) is 11.5 Å². The number of aromatic nitrogens is 2. The lowest BCUT2D eigenvalue weighted by molar-refractivity contribution is 0.0730. The van der Waals surface area contributed by atoms with Gasteiger partial charge in [-0.05, 0) is 36.4 Å². The zero-order valence-corrected chi connectivity index (χ0v) is 16.9. The van der Waals surface area contributed by atoms with Gasteiger partial charge in [0.15, 0.2) is 6.61 Å². The normalized spacial score (nSPS) is 15.3. The highest BCUT2D eigenvalue weighted by Gasteiger charge is 2.26. The molecular weight excluding hydrogens is 418 g/mol. The van der Waals surface area contributed by atoms with Crippen molar-refractivity contribution in [3.63, 3.8) is 0 Å². The van der Waals surface area contributed by atoms with Crippen LogP contribution in [0.3, 0.4) is 0 Å². The predicted octanol–water partition coefficient (Wildman–Crippen LogP) is 2.99. The van der Waals surface area contributed by atoms with Gasteiger partial charge in [0.2, 0.25) is 15.8 Å². The fourth-order valence-electron chi connectivity index (χ4n) is 2.85. The summed E-state index contributed by atoms with van der Waals surface area (Å²) in [6, 6.07) is 13.4. The molecule has 0 atom stereocenters. The summed E-state index contributed by atoms with van der Waals surface area (Å²) in [5.41, 5.74) is 0.644. The highest BCUT2D eigenvalue weighted by Crippen LogP contribution is 2.26. The van der Waals surface area contributed by atoms with E-state index in [1.807, 2.05) is 12.1 Å². The average molecular weight is 436 g/mol. The molecule has 29 heavy (non-hydrogen) atoms. The van der Waals surface area contributed by atoms with Crippen LogP contribution < -0.4 is 4.74 Å². The van der Waals surface area contributed by atoms with Crippen LogP contribution in [0.1, 0.15) is 5.82 Å². The Hall–Kier alpha value is -2.46. The molecule has 0 amide bonds. The Morgan fingerprint density at radius 2 is 1.79 bits per heavy atom. The molecule has 152 valence electrons. The van der Waals surface area contributed by atoms with Crippen LogP contribution in [0.5, 0.6) is 5.75 Å². The van der Waals surface area contributed by atoms with Crippen LogP contribution in [0, 0.1) is 0 Å². The van der Waals surface area contributed by atoms with E-state index in [0.29, 0.717) is 54.4 Å². The van der Waals surface area contributed by atoms with E-state index in [0.717, 1.165) is 0 Å². The zero-order valence-electron chi connectivity index (χ0n) is 15.3. The first-order chi connectivity index (χ1) is 14.0. The van der Waals surface area contributed by atoms with Gasteiger partial charge in [0, 0.05) is 13.1 Å². The molecule has 10 heteroatoms. The first-order valence-corrected chi connectivity index (χ1v) is 10.7. The minimum atomic E-state index is -3.53. The van der Waals surface area contributed by atoms with Crippen molar-refractivity contribution >= 4 is 21.6 Å². The van der Waals surface area contributed by atoms with Crippen molar-refractivity contribution in [3.8, 4) is 17.2 Å². The van der Waals surface area contributed by atoms with Crippen LogP contribution in [0.4, 0.5) is 0 Å². The molecule has 8 nitrogen and oxygen atoms in total. The van der Waals surface area contributed by atoms with E-state index in [1.54, 1.807) is 24.3 Å².